The number of pyridine rings is 1. The number of imidazole rings is 1. The Hall–Kier alpha value is -2.91. The van der Waals surface area contributed by atoms with Crippen LogP contribution in [0.5, 0.6) is 0 Å². The molecule has 1 saturated heterocycles. The van der Waals surface area contributed by atoms with Gasteiger partial charge < -0.3 is 20.8 Å². The average Bonchev–Trinajstić information content (AvgIpc) is 3.43. The topological polar surface area (TPSA) is 101 Å². The molecule has 1 aliphatic carbocycles. The largest absolute Gasteiger partial charge is 0.409 e. The Morgan fingerprint density at radius 1 is 1.28 bits per heavy atom. The average molecular weight is 458 g/mol. The van der Waals surface area contributed by atoms with Gasteiger partial charge in [0.25, 0.3) is 0 Å². The Labute approximate surface area is 189 Å². The number of fused-ring (bicyclic) bond motifs is 1. The number of rotatable bonds is 6. The number of anilines is 2. The summed E-state index contributed by atoms with van der Waals surface area (Å²) < 4.78 is 13.4. The van der Waals surface area contributed by atoms with Crippen LogP contribution in [-0.4, -0.2) is 56.1 Å². The number of aromatic nitrogens is 3. The number of amidine groups is 1. The molecule has 168 valence electrons. The highest BCUT2D eigenvalue weighted by Crippen LogP contribution is 2.48. The standard InChI is InChI=1S/C22H25ClFN7O/c23-16-13-14(3-4-17(16)24)27-19(30-32)15-5-9-25-20-18(15)28-21(29-20)26-10-12-31-11-2-1-6-22(31)7-8-22/h3-5,9,13,32H,1-2,6-8,10-12H2,(H,27,30)(H2,25,26,28,29). The Morgan fingerprint density at radius 2 is 2.16 bits per heavy atom. The van der Waals surface area contributed by atoms with Crippen molar-refractivity contribution in [2.75, 3.05) is 30.3 Å². The molecule has 1 aromatic carbocycles. The van der Waals surface area contributed by atoms with Gasteiger partial charge in [0.1, 0.15) is 5.82 Å². The lowest BCUT2D eigenvalue weighted by Gasteiger charge is -2.36. The Bertz CT molecular complexity index is 1160. The molecule has 0 unspecified atom stereocenters. The molecule has 2 aromatic heterocycles. The molecule has 1 aliphatic heterocycles. The fourth-order valence-corrected chi connectivity index (χ4v) is 4.75. The van der Waals surface area contributed by atoms with Crippen molar-refractivity contribution in [1.29, 1.82) is 0 Å². The van der Waals surface area contributed by atoms with Gasteiger partial charge >= 0.3 is 0 Å². The second-order valence-electron chi connectivity index (χ2n) is 8.44. The molecule has 4 N–H and O–H groups in total. The molecule has 0 atom stereocenters. The third kappa shape index (κ3) is 4.10. The number of hydrogen-bond acceptors (Lipinski definition) is 6. The summed E-state index contributed by atoms with van der Waals surface area (Å²) in [5.74, 6) is 0.260. The van der Waals surface area contributed by atoms with E-state index in [1.165, 1.54) is 56.8 Å². The van der Waals surface area contributed by atoms with Crippen LogP contribution in [0.15, 0.2) is 35.6 Å². The SMILES string of the molecule is O/N=C(\Nc1ccc(F)c(Cl)c1)c1ccnc2nc(NCCN3CCCCC34CC4)[nH]c12. The third-order valence-corrected chi connectivity index (χ3v) is 6.71. The van der Waals surface area contributed by atoms with Crippen molar-refractivity contribution < 1.29 is 9.60 Å². The second kappa shape index (κ2) is 8.55. The molecule has 5 rings (SSSR count). The van der Waals surface area contributed by atoms with Gasteiger partial charge in [0.15, 0.2) is 11.5 Å². The minimum absolute atomic E-state index is 0.0260. The van der Waals surface area contributed by atoms with E-state index in [2.05, 4.69) is 35.6 Å². The number of H-pyrrole nitrogens is 1. The summed E-state index contributed by atoms with van der Waals surface area (Å²) >= 11 is 5.86. The van der Waals surface area contributed by atoms with Crippen LogP contribution in [0.4, 0.5) is 16.0 Å². The van der Waals surface area contributed by atoms with E-state index in [1.807, 2.05) is 0 Å². The Morgan fingerprint density at radius 3 is 2.94 bits per heavy atom. The number of nitrogens with one attached hydrogen (secondary N) is 3. The molecule has 0 amide bonds. The Balaban J connectivity index is 1.30. The first-order valence-electron chi connectivity index (χ1n) is 10.9. The summed E-state index contributed by atoms with van der Waals surface area (Å²) in [6.45, 7) is 2.93. The van der Waals surface area contributed by atoms with Gasteiger partial charge in [-0.1, -0.05) is 23.2 Å². The highest BCUT2D eigenvalue weighted by molar-refractivity contribution is 6.31. The maximum atomic E-state index is 13.4. The fraction of sp³-hybridized carbons (Fsp3) is 0.409. The van der Waals surface area contributed by atoms with Gasteiger partial charge in [-0.2, -0.15) is 4.98 Å². The van der Waals surface area contributed by atoms with Crippen molar-refractivity contribution >= 4 is 40.2 Å². The van der Waals surface area contributed by atoms with Crippen molar-refractivity contribution in [3.8, 4) is 0 Å². The summed E-state index contributed by atoms with van der Waals surface area (Å²) in [5.41, 5.74) is 2.65. The van der Waals surface area contributed by atoms with E-state index in [0.29, 0.717) is 33.9 Å². The van der Waals surface area contributed by atoms with E-state index in [-0.39, 0.29) is 10.9 Å². The van der Waals surface area contributed by atoms with Crippen LogP contribution >= 0.6 is 11.6 Å². The lowest BCUT2D eigenvalue weighted by atomic mass is 10.0. The first kappa shape index (κ1) is 21.0. The number of hydrogen-bond donors (Lipinski definition) is 4. The smallest absolute Gasteiger partial charge is 0.202 e. The zero-order valence-corrected chi connectivity index (χ0v) is 18.3. The van der Waals surface area contributed by atoms with Gasteiger partial charge in [-0.15, -0.1) is 0 Å². The van der Waals surface area contributed by atoms with Gasteiger partial charge in [-0.3, -0.25) is 4.90 Å². The van der Waals surface area contributed by atoms with E-state index >= 15 is 0 Å². The molecule has 0 radical (unpaired) electrons. The zero-order valence-electron chi connectivity index (χ0n) is 17.5. The van der Waals surface area contributed by atoms with E-state index in [0.717, 1.165) is 13.1 Å². The van der Waals surface area contributed by atoms with Crippen molar-refractivity contribution in [2.24, 2.45) is 5.16 Å². The molecule has 0 bridgehead atoms. The van der Waals surface area contributed by atoms with Crippen LogP contribution in [0.1, 0.15) is 37.7 Å². The van der Waals surface area contributed by atoms with Crippen molar-refractivity contribution in [1.82, 2.24) is 19.9 Å². The van der Waals surface area contributed by atoms with E-state index < -0.39 is 5.82 Å². The number of oxime groups is 1. The predicted octanol–water partition coefficient (Wildman–Crippen LogP) is 4.43. The van der Waals surface area contributed by atoms with E-state index in [1.54, 1.807) is 12.3 Å². The fourth-order valence-electron chi connectivity index (χ4n) is 4.57. The first-order valence-corrected chi connectivity index (χ1v) is 11.2. The summed E-state index contributed by atoms with van der Waals surface area (Å²) in [6, 6.07) is 5.89. The molecule has 1 saturated carbocycles. The summed E-state index contributed by atoms with van der Waals surface area (Å²) in [7, 11) is 0. The van der Waals surface area contributed by atoms with Crippen molar-refractivity contribution in [2.45, 2.75) is 37.6 Å². The van der Waals surface area contributed by atoms with Crippen LogP contribution in [0.3, 0.4) is 0 Å². The number of nitrogens with zero attached hydrogens (tertiary/aromatic N) is 4. The van der Waals surface area contributed by atoms with Crippen LogP contribution in [0.2, 0.25) is 5.02 Å². The van der Waals surface area contributed by atoms with Gasteiger partial charge in [-0.05, 0) is 56.5 Å². The molecule has 1 spiro atoms. The molecule has 2 fully saturated rings. The van der Waals surface area contributed by atoms with E-state index in [9.17, 15) is 9.60 Å². The van der Waals surface area contributed by atoms with Gasteiger partial charge in [0.05, 0.1) is 10.5 Å². The minimum Gasteiger partial charge on any atom is -0.409 e. The predicted molar refractivity (Wildman–Crippen MR) is 123 cm³/mol. The molecule has 3 heterocycles. The molecule has 10 heteroatoms. The third-order valence-electron chi connectivity index (χ3n) is 6.42. The monoisotopic (exact) mass is 457 g/mol. The quantitative estimate of drug-likeness (QED) is 0.189. The Kier molecular flexibility index (Phi) is 5.60. The molecule has 2 aliphatic rings. The maximum absolute atomic E-state index is 13.4. The van der Waals surface area contributed by atoms with Gasteiger partial charge in [0, 0.05) is 36.1 Å². The molecular weight excluding hydrogens is 433 g/mol. The van der Waals surface area contributed by atoms with Crippen LogP contribution in [-0.2, 0) is 0 Å². The molecular formula is C22H25ClFN7O. The lowest BCUT2D eigenvalue weighted by Crippen LogP contribution is -2.43. The minimum atomic E-state index is -0.521. The maximum Gasteiger partial charge on any atom is 0.202 e. The highest BCUT2D eigenvalue weighted by atomic mass is 35.5. The molecule has 32 heavy (non-hydrogen) atoms. The van der Waals surface area contributed by atoms with Crippen LogP contribution in [0.25, 0.3) is 11.2 Å². The van der Waals surface area contributed by atoms with E-state index in [4.69, 9.17) is 11.6 Å². The number of likely N-dealkylation sites (tertiary alicyclic amines) is 1. The normalized spacial score (nSPS) is 18.2. The second-order valence-corrected chi connectivity index (χ2v) is 8.85. The van der Waals surface area contributed by atoms with Crippen molar-refractivity contribution in [3.63, 3.8) is 0 Å². The zero-order chi connectivity index (χ0) is 22.1. The van der Waals surface area contributed by atoms with Crippen molar-refractivity contribution in [3.05, 3.63) is 46.9 Å². The van der Waals surface area contributed by atoms with Gasteiger partial charge in [0.2, 0.25) is 5.95 Å². The lowest BCUT2D eigenvalue weighted by molar-refractivity contribution is 0.135. The number of halogens is 2. The molecule has 8 nitrogen and oxygen atoms in total. The first-order chi connectivity index (χ1) is 15.6. The summed E-state index contributed by atoms with van der Waals surface area (Å²) in [4.78, 5) is 14.7. The van der Waals surface area contributed by atoms with Gasteiger partial charge in [-0.25, -0.2) is 9.37 Å². The number of piperidine rings is 1. The summed E-state index contributed by atoms with van der Waals surface area (Å²) in [5, 5.41) is 19.3. The number of benzene rings is 1. The summed E-state index contributed by atoms with van der Waals surface area (Å²) in [6.07, 6.45) is 8.17. The highest BCUT2D eigenvalue weighted by Gasteiger charge is 2.48. The van der Waals surface area contributed by atoms with Crippen LogP contribution in [0, 0.1) is 5.82 Å². The number of aromatic amines is 1. The van der Waals surface area contributed by atoms with Crippen LogP contribution < -0.4 is 10.6 Å². The molecule has 3 aromatic rings.